The summed E-state index contributed by atoms with van der Waals surface area (Å²) in [5, 5.41) is 0.650. The van der Waals surface area contributed by atoms with Crippen LogP contribution in [0.2, 0.25) is 5.02 Å². The van der Waals surface area contributed by atoms with Crippen LogP contribution in [0.4, 0.5) is 0 Å². The molecule has 4 heteroatoms. The zero-order valence-electron chi connectivity index (χ0n) is 10.2. The van der Waals surface area contributed by atoms with Gasteiger partial charge in [0, 0.05) is 18.2 Å². The quantitative estimate of drug-likeness (QED) is 0.728. The summed E-state index contributed by atoms with van der Waals surface area (Å²) < 4.78 is 10.9. The summed E-state index contributed by atoms with van der Waals surface area (Å²) in [5.74, 6) is 0.756. The number of nitrogens with two attached hydrogens (primary N) is 1. The van der Waals surface area contributed by atoms with Gasteiger partial charge in [-0.3, -0.25) is 0 Å². The molecule has 0 saturated heterocycles. The molecule has 0 aliphatic rings. The topological polar surface area (TPSA) is 44.5 Å². The lowest BCUT2D eigenvalue weighted by Crippen LogP contribution is -2.07. The first kappa shape index (κ1) is 14.3. The van der Waals surface area contributed by atoms with Crippen molar-refractivity contribution in [3.05, 3.63) is 28.8 Å². The van der Waals surface area contributed by atoms with Crippen LogP contribution < -0.4 is 10.5 Å². The van der Waals surface area contributed by atoms with E-state index in [-0.39, 0.29) is 0 Å². The SMILES string of the molecule is CCCCOCCOc1ccc(CN)c(Cl)c1. The number of hydrogen-bond donors (Lipinski definition) is 1. The fourth-order valence-corrected chi connectivity index (χ4v) is 1.60. The van der Waals surface area contributed by atoms with Crippen LogP contribution in [0.3, 0.4) is 0 Å². The van der Waals surface area contributed by atoms with E-state index in [4.69, 9.17) is 26.8 Å². The number of hydrogen-bond acceptors (Lipinski definition) is 3. The molecule has 3 nitrogen and oxygen atoms in total. The molecule has 0 aliphatic carbocycles. The maximum atomic E-state index is 6.02. The van der Waals surface area contributed by atoms with Crippen molar-refractivity contribution in [2.45, 2.75) is 26.3 Å². The van der Waals surface area contributed by atoms with Gasteiger partial charge < -0.3 is 15.2 Å². The van der Waals surface area contributed by atoms with E-state index < -0.39 is 0 Å². The average Bonchev–Trinajstić information content (AvgIpc) is 2.34. The number of benzene rings is 1. The molecule has 0 saturated carbocycles. The molecule has 0 bridgehead atoms. The molecular formula is C13H20ClNO2. The van der Waals surface area contributed by atoms with Crippen molar-refractivity contribution in [1.29, 1.82) is 0 Å². The summed E-state index contributed by atoms with van der Waals surface area (Å²) in [5.41, 5.74) is 6.45. The predicted octanol–water partition coefficient (Wildman–Crippen LogP) is 2.99. The molecule has 17 heavy (non-hydrogen) atoms. The summed E-state index contributed by atoms with van der Waals surface area (Å²) in [7, 11) is 0. The molecule has 0 radical (unpaired) electrons. The third-order valence-corrected chi connectivity index (χ3v) is 2.73. The fraction of sp³-hybridized carbons (Fsp3) is 0.538. The minimum absolute atomic E-state index is 0.444. The predicted molar refractivity (Wildman–Crippen MR) is 70.6 cm³/mol. The van der Waals surface area contributed by atoms with Crippen LogP contribution >= 0.6 is 11.6 Å². The highest BCUT2D eigenvalue weighted by Crippen LogP contribution is 2.22. The van der Waals surface area contributed by atoms with E-state index in [1.54, 1.807) is 6.07 Å². The summed E-state index contributed by atoms with van der Waals surface area (Å²) in [6.07, 6.45) is 2.24. The van der Waals surface area contributed by atoms with Gasteiger partial charge in [-0.15, -0.1) is 0 Å². The second-order valence-electron chi connectivity index (χ2n) is 3.77. The Kier molecular flexibility index (Phi) is 7.01. The van der Waals surface area contributed by atoms with Crippen molar-refractivity contribution in [3.8, 4) is 5.75 Å². The molecule has 1 aromatic carbocycles. The Morgan fingerprint density at radius 3 is 2.71 bits per heavy atom. The number of rotatable bonds is 8. The van der Waals surface area contributed by atoms with Gasteiger partial charge >= 0.3 is 0 Å². The smallest absolute Gasteiger partial charge is 0.120 e. The maximum Gasteiger partial charge on any atom is 0.120 e. The van der Waals surface area contributed by atoms with Crippen LogP contribution in [-0.4, -0.2) is 19.8 Å². The van der Waals surface area contributed by atoms with E-state index in [0.29, 0.717) is 24.8 Å². The van der Waals surface area contributed by atoms with Crippen molar-refractivity contribution in [2.24, 2.45) is 5.73 Å². The number of unbranched alkanes of at least 4 members (excludes halogenated alkanes) is 1. The first-order valence-electron chi connectivity index (χ1n) is 5.97. The first-order chi connectivity index (χ1) is 8.27. The highest BCUT2D eigenvalue weighted by molar-refractivity contribution is 6.31. The van der Waals surface area contributed by atoms with Crippen molar-refractivity contribution >= 4 is 11.6 Å². The van der Waals surface area contributed by atoms with Gasteiger partial charge in [-0.2, -0.15) is 0 Å². The lowest BCUT2D eigenvalue weighted by Gasteiger charge is -2.08. The van der Waals surface area contributed by atoms with Crippen molar-refractivity contribution in [3.63, 3.8) is 0 Å². The lowest BCUT2D eigenvalue weighted by molar-refractivity contribution is 0.0980. The van der Waals surface area contributed by atoms with E-state index in [0.717, 1.165) is 30.8 Å². The van der Waals surface area contributed by atoms with E-state index >= 15 is 0 Å². The lowest BCUT2D eigenvalue weighted by atomic mass is 10.2. The largest absolute Gasteiger partial charge is 0.491 e. The second-order valence-corrected chi connectivity index (χ2v) is 4.18. The molecule has 96 valence electrons. The average molecular weight is 258 g/mol. The summed E-state index contributed by atoms with van der Waals surface area (Å²) >= 11 is 6.02. The molecule has 0 heterocycles. The molecule has 0 spiro atoms. The molecular weight excluding hydrogens is 238 g/mol. The van der Waals surface area contributed by atoms with E-state index in [2.05, 4.69) is 6.92 Å². The van der Waals surface area contributed by atoms with Gasteiger partial charge in [-0.05, 0) is 24.1 Å². The zero-order chi connectivity index (χ0) is 12.5. The Morgan fingerprint density at radius 1 is 1.24 bits per heavy atom. The van der Waals surface area contributed by atoms with Crippen molar-refractivity contribution in [2.75, 3.05) is 19.8 Å². The normalized spacial score (nSPS) is 10.5. The Bertz CT molecular complexity index is 331. The molecule has 0 fully saturated rings. The highest BCUT2D eigenvalue weighted by atomic mass is 35.5. The van der Waals surface area contributed by atoms with Crippen LogP contribution in [0, 0.1) is 0 Å². The van der Waals surface area contributed by atoms with Gasteiger partial charge in [0.05, 0.1) is 6.61 Å². The minimum atomic E-state index is 0.444. The zero-order valence-corrected chi connectivity index (χ0v) is 11.0. The van der Waals surface area contributed by atoms with E-state index in [9.17, 15) is 0 Å². The Labute approximate surface area is 108 Å². The van der Waals surface area contributed by atoms with Gasteiger partial charge in [0.1, 0.15) is 12.4 Å². The van der Waals surface area contributed by atoms with Crippen LogP contribution in [0.25, 0.3) is 0 Å². The monoisotopic (exact) mass is 257 g/mol. The number of ether oxygens (including phenoxy) is 2. The molecule has 0 unspecified atom stereocenters. The van der Waals surface area contributed by atoms with Gasteiger partial charge in [-0.1, -0.05) is 31.0 Å². The van der Waals surface area contributed by atoms with Crippen LogP contribution in [0.1, 0.15) is 25.3 Å². The van der Waals surface area contributed by atoms with Crippen molar-refractivity contribution < 1.29 is 9.47 Å². The standard InChI is InChI=1S/C13H20ClNO2/c1-2-3-6-16-7-8-17-12-5-4-11(10-15)13(14)9-12/h4-5,9H,2-3,6-8,10,15H2,1H3. The van der Waals surface area contributed by atoms with Gasteiger partial charge in [-0.25, -0.2) is 0 Å². The third kappa shape index (κ3) is 5.39. The van der Waals surface area contributed by atoms with Crippen LogP contribution in [-0.2, 0) is 11.3 Å². The Morgan fingerprint density at radius 2 is 2.06 bits per heavy atom. The first-order valence-corrected chi connectivity index (χ1v) is 6.34. The van der Waals surface area contributed by atoms with Gasteiger partial charge in [0.15, 0.2) is 0 Å². The Balaban J connectivity index is 2.25. The molecule has 0 atom stereocenters. The van der Waals surface area contributed by atoms with E-state index in [1.165, 1.54) is 0 Å². The molecule has 1 rings (SSSR count). The third-order valence-electron chi connectivity index (χ3n) is 2.38. The molecule has 0 aromatic heterocycles. The molecule has 1 aromatic rings. The van der Waals surface area contributed by atoms with Gasteiger partial charge in [0.2, 0.25) is 0 Å². The highest BCUT2D eigenvalue weighted by Gasteiger charge is 2.00. The van der Waals surface area contributed by atoms with Gasteiger partial charge in [0.25, 0.3) is 0 Å². The maximum absolute atomic E-state index is 6.02. The van der Waals surface area contributed by atoms with Crippen LogP contribution in [0.15, 0.2) is 18.2 Å². The number of halogens is 1. The second kappa shape index (κ2) is 8.34. The Hall–Kier alpha value is -0.770. The minimum Gasteiger partial charge on any atom is -0.491 e. The van der Waals surface area contributed by atoms with E-state index in [1.807, 2.05) is 12.1 Å². The molecule has 0 aliphatic heterocycles. The molecule has 2 N–H and O–H groups in total. The summed E-state index contributed by atoms with van der Waals surface area (Å²) in [4.78, 5) is 0. The fourth-order valence-electron chi connectivity index (χ4n) is 1.35. The summed E-state index contributed by atoms with van der Waals surface area (Å²) in [6, 6.07) is 5.55. The molecule has 0 amide bonds. The summed E-state index contributed by atoms with van der Waals surface area (Å²) in [6.45, 7) is 4.53. The van der Waals surface area contributed by atoms with Crippen LogP contribution in [0.5, 0.6) is 5.75 Å². The van der Waals surface area contributed by atoms with Crippen molar-refractivity contribution in [1.82, 2.24) is 0 Å².